The Labute approximate surface area is 135 Å². The summed E-state index contributed by atoms with van der Waals surface area (Å²) in [6.45, 7) is 11.7. The number of hydrogen-bond acceptors (Lipinski definition) is 6. The molecule has 0 aliphatic heterocycles. The Bertz CT molecular complexity index is 562. The molecule has 114 valence electrons. The van der Waals surface area contributed by atoms with Crippen LogP contribution >= 0.6 is 23.1 Å². The summed E-state index contributed by atoms with van der Waals surface area (Å²) in [6, 6.07) is 4.11. The first kappa shape index (κ1) is 16.4. The van der Waals surface area contributed by atoms with E-state index in [0.717, 1.165) is 51.7 Å². The second kappa shape index (κ2) is 7.87. The molecule has 2 rings (SSSR count). The predicted octanol–water partition coefficient (Wildman–Crippen LogP) is 3.65. The first-order valence-corrected chi connectivity index (χ1v) is 9.07. The smallest absolute Gasteiger partial charge is 0.119 e. The van der Waals surface area contributed by atoms with Gasteiger partial charge in [0.15, 0.2) is 0 Å². The molecule has 0 saturated heterocycles. The number of aromatic nitrogens is 3. The number of thiazole rings is 1. The summed E-state index contributed by atoms with van der Waals surface area (Å²) in [6.07, 6.45) is 0. The van der Waals surface area contributed by atoms with E-state index in [-0.39, 0.29) is 0 Å². The van der Waals surface area contributed by atoms with Crippen LogP contribution in [0.2, 0.25) is 0 Å². The van der Waals surface area contributed by atoms with E-state index in [1.807, 2.05) is 19.9 Å². The zero-order chi connectivity index (χ0) is 15.2. The minimum absolute atomic E-state index is 0.922. The number of aryl methyl sites for hydroxylation is 2. The van der Waals surface area contributed by atoms with Crippen LogP contribution in [0.4, 0.5) is 0 Å². The lowest BCUT2D eigenvalue weighted by Crippen LogP contribution is -2.25. The van der Waals surface area contributed by atoms with Crippen LogP contribution < -0.4 is 0 Å². The summed E-state index contributed by atoms with van der Waals surface area (Å²) in [5.41, 5.74) is 1.96. The molecule has 0 radical (unpaired) electrons. The first-order chi connectivity index (χ1) is 10.1. The zero-order valence-electron chi connectivity index (χ0n) is 13.1. The average Bonchev–Trinajstić information content (AvgIpc) is 2.83. The van der Waals surface area contributed by atoms with Gasteiger partial charge in [-0.15, -0.1) is 33.3 Å². The van der Waals surface area contributed by atoms with Gasteiger partial charge >= 0.3 is 0 Å². The van der Waals surface area contributed by atoms with E-state index < -0.39 is 0 Å². The van der Waals surface area contributed by atoms with E-state index >= 15 is 0 Å². The van der Waals surface area contributed by atoms with E-state index in [4.69, 9.17) is 0 Å². The molecule has 0 spiro atoms. The Morgan fingerprint density at radius 2 is 1.90 bits per heavy atom. The third kappa shape index (κ3) is 4.49. The van der Waals surface area contributed by atoms with Crippen molar-refractivity contribution in [1.82, 2.24) is 20.1 Å². The molecule has 0 bridgehead atoms. The Hall–Kier alpha value is -0.980. The SMILES string of the molecule is CCN(CC)CCSc1ccc(-c2sc(C)nc2C)nn1. The summed E-state index contributed by atoms with van der Waals surface area (Å²) in [7, 11) is 0. The van der Waals surface area contributed by atoms with Gasteiger partial charge in [-0.3, -0.25) is 0 Å². The average molecular weight is 323 g/mol. The van der Waals surface area contributed by atoms with Gasteiger partial charge in [0.1, 0.15) is 10.7 Å². The quantitative estimate of drug-likeness (QED) is 0.728. The highest BCUT2D eigenvalue weighted by Gasteiger charge is 2.09. The van der Waals surface area contributed by atoms with Gasteiger partial charge in [-0.05, 0) is 39.1 Å². The molecular formula is C15H22N4S2. The Balaban J connectivity index is 1.95. The maximum atomic E-state index is 4.44. The van der Waals surface area contributed by atoms with Crippen molar-refractivity contribution in [2.24, 2.45) is 0 Å². The molecule has 0 fully saturated rings. The lowest BCUT2D eigenvalue weighted by molar-refractivity contribution is 0.324. The first-order valence-electron chi connectivity index (χ1n) is 7.27. The normalized spacial score (nSPS) is 11.3. The lowest BCUT2D eigenvalue weighted by atomic mass is 10.3. The van der Waals surface area contributed by atoms with Crippen LogP contribution in [0.15, 0.2) is 17.2 Å². The fourth-order valence-electron chi connectivity index (χ4n) is 2.11. The van der Waals surface area contributed by atoms with Crippen molar-refractivity contribution >= 4 is 23.1 Å². The van der Waals surface area contributed by atoms with Crippen molar-refractivity contribution in [2.45, 2.75) is 32.7 Å². The molecule has 0 N–H and O–H groups in total. The van der Waals surface area contributed by atoms with Crippen molar-refractivity contribution in [3.63, 3.8) is 0 Å². The zero-order valence-corrected chi connectivity index (χ0v) is 14.7. The Morgan fingerprint density at radius 3 is 2.43 bits per heavy atom. The van der Waals surface area contributed by atoms with Gasteiger partial charge in [-0.1, -0.05) is 13.8 Å². The summed E-state index contributed by atoms with van der Waals surface area (Å²) >= 11 is 3.44. The number of nitrogens with zero attached hydrogens (tertiary/aromatic N) is 4. The van der Waals surface area contributed by atoms with Crippen LogP contribution in [0.1, 0.15) is 24.5 Å². The second-order valence-electron chi connectivity index (χ2n) is 4.78. The highest BCUT2D eigenvalue weighted by atomic mass is 32.2. The molecular weight excluding hydrogens is 300 g/mol. The molecule has 0 aliphatic rings. The highest BCUT2D eigenvalue weighted by molar-refractivity contribution is 7.99. The maximum Gasteiger partial charge on any atom is 0.119 e. The maximum absolute atomic E-state index is 4.44. The van der Waals surface area contributed by atoms with Gasteiger partial charge in [-0.25, -0.2) is 4.98 Å². The van der Waals surface area contributed by atoms with E-state index in [2.05, 4.69) is 40.0 Å². The van der Waals surface area contributed by atoms with Crippen molar-refractivity contribution in [3.8, 4) is 10.6 Å². The van der Waals surface area contributed by atoms with E-state index in [9.17, 15) is 0 Å². The lowest BCUT2D eigenvalue weighted by Gasteiger charge is -2.16. The molecule has 2 aromatic heterocycles. The molecule has 2 heterocycles. The number of thioether (sulfide) groups is 1. The van der Waals surface area contributed by atoms with E-state index in [1.54, 1.807) is 23.1 Å². The van der Waals surface area contributed by atoms with E-state index in [0.29, 0.717) is 0 Å². The highest BCUT2D eigenvalue weighted by Crippen LogP contribution is 2.28. The molecule has 4 nitrogen and oxygen atoms in total. The van der Waals surface area contributed by atoms with Gasteiger partial charge in [0, 0.05) is 12.3 Å². The van der Waals surface area contributed by atoms with Gasteiger partial charge in [-0.2, -0.15) is 0 Å². The molecule has 0 amide bonds. The van der Waals surface area contributed by atoms with Gasteiger partial charge < -0.3 is 4.90 Å². The van der Waals surface area contributed by atoms with Crippen LogP contribution in [0.5, 0.6) is 0 Å². The molecule has 6 heteroatoms. The standard InChI is InChI=1S/C15H22N4S2/c1-5-19(6-2)9-10-20-14-8-7-13(17-18-14)15-11(3)16-12(4)21-15/h7-8H,5-6,9-10H2,1-4H3. The minimum atomic E-state index is 0.922. The molecule has 0 aliphatic carbocycles. The summed E-state index contributed by atoms with van der Waals surface area (Å²) < 4.78 is 0. The van der Waals surface area contributed by atoms with Gasteiger partial charge in [0.25, 0.3) is 0 Å². The summed E-state index contributed by atoms with van der Waals surface area (Å²) in [4.78, 5) is 7.98. The van der Waals surface area contributed by atoms with Crippen molar-refractivity contribution in [3.05, 3.63) is 22.8 Å². The van der Waals surface area contributed by atoms with Gasteiger partial charge in [0.05, 0.1) is 15.6 Å². The summed E-state index contributed by atoms with van der Waals surface area (Å²) in [5, 5.41) is 10.7. The van der Waals surface area contributed by atoms with Crippen molar-refractivity contribution in [2.75, 3.05) is 25.4 Å². The van der Waals surface area contributed by atoms with Crippen LogP contribution in [0.3, 0.4) is 0 Å². The predicted molar refractivity (Wildman–Crippen MR) is 91.1 cm³/mol. The summed E-state index contributed by atoms with van der Waals surface area (Å²) in [5.74, 6) is 1.05. The Morgan fingerprint density at radius 1 is 1.14 bits per heavy atom. The molecule has 0 saturated carbocycles. The van der Waals surface area contributed by atoms with Gasteiger partial charge in [0.2, 0.25) is 0 Å². The number of rotatable bonds is 7. The molecule has 0 aromatic carbocycles. The fourth-order valence-corrected chi connectivity index (χ4v) is 3.81. The Kier molecular flexibility index (Phi) is 6.14. The topological polar surface area (TPSA) is 41.9 Å². The van der Waals surface area contributed by atoms with Crippen LogP contribution in [0.25, 0.3) is 10.6 Å². The van der Waals surface area contributed by atoms with E-state index in [1.165, 1.54) is 0 Å². The minimum Gasteiger partial charge on any atom is -0.303 e. The number of hydrogen-bond donors (Lipinski definition) is 0. The largest absolute Gasteiger partial charge is 0.303 e. The third-order valence-electron chi connectivity index (χ3n) is 3.33. The monoisotopic (exact) mass is 322 g/mol. The third-order valence-corrected chi connectivity index (χ3v) is 5.32. The second-order valence-corrected chi connectivity index (χ2v) is 7.10. The van der Waals surface area contributed by atoms with Crippen molar-refractivity contribution < 1.29 is 0 Å². The fraction of sp³-hybridized carbons (Fsp3) is 0.533. The van der Waals surface area contributed by atoms with Crippen molar-refractivity contribution in [1.29, 1.82) is 0 Å². The van der Waals surface area contributed by atoms with Crippen LogP contribution in [-0.4, -0.2) is 45.5 Å². The van der Waals surface area contributed by atoms with Crippen LogP contribution in [0, 0.1) is 13.8 Å². The molecule has 21 heavy (non-hydrogen) atoms. The molecule has 2 aromatic rings. The molecule has 0 unspecified atom stereocenters. The van der Waals surface area contributed by atoms with Crippen LogP contribution in [-0.2, 0) is 0 Å². The molecule has 0 atom stereocenters.